The van der Waals surface area contributed by atoms with Crippen LogP contribution in [-0.4, -0.2) is 204 Å². The van der Waals surface area contributed by atoms with Crippen LogP contribution in [0.25, 0.3) is 0 Å². The zero-order valence-electron chi connectivity index (χ0n) is 83.3. The predicted octanol–water partition coefficient (Wildman–Crippen LogP) is 40.9. The molecule has 11 nitrogen and oxygen atoms in total. The van der Waals surface area contributed by atoms with Crippen molar-refractivity contribution in [3.8, 4) is 0 Å². The van der Waals surface area contributed by atoms with Crippen molar-refractivity contribution in [2.45, 2.75) is 260 Å². The lowest BCUT2D eigenvalue weighted by atomic mass is 9.97. The van der Waals surface area contributed by atoms with Crippen molar-refractivity contribution in [1.82, 2.24) is 4.90 Å². The van der Waals surface area contributed by atoms with E-state index < -0.39 is 17.0 Å². The number of aliphatic hydroxyl groups excluding tert-OH is 2. The van der Waals surface area contributed by atoms with E-state index >= 15 is 0 Å². The number of esters is 2. The number of anilines is 1. The number of carbonyl (C=O) groups is 4. The van der Waals surface area contributed by atoms with E-state index in [1.54, 1.807) is 13.8 Å². The van der Waals surface area contributed by atoms with Crippen LogP contribution >= 0.6 is 391 Å². The number of carboxylic acids is 1. The third-order valence-electron chi connectivity index (χ3n) is 21.0. The van der Waals surface area contributed by atoms with Gasteiger partial charge in [-0.2, -0.15) is 13.2 Å². The summed E-state index contributed by atoms with van der Waals surface area (Å²) in [5.41, 5.74) is 10.7. The average Bonchev–Trinajstić information content (AvgIpc) is 1.64. The Morgan fingerprint density at radius 1 is 0.448 bits per heavy atom. The molecule has 2 aliphatic rings. The summed E-state index contributed by atoms with van der Waals surface area (Å²) in [6.45, 7) is 7.61. The number of aliphatic hydroxyl groups is 2. The molecule has 1 fully saturated rings. The summed E-state index contributed by atoms with van der Waals surface area (Å²) < 4.78 is 46.4. The Kier molecular flexibility index (Phi) is 119. The molecule has 3 unspecified atom stereocenters. The number of unbranched alkanes of at least 4 members (excludes halogenated alkanes) is 17. The standard InChI is InChI=1S/C15H10Br2O.C14H12Br2.C14H19Cl2NO2.C12H24Br2.C11H22Br2.C10H16Br2O4.C8H8Br2.C6H10Br2.C5H10Br2O2.C5H11Cl2N.C3H3Br2F3.C3H6I2.ClH/c16-13-9-5-1-3-7-11(9)15(18)12-8-4-2-6-10(12)14(13)17;15-13(11-7-3-1-4-8-11)14(16)12-9-5-2-6-10-12;15-8-10-17(11-9-16)13-6-4-12(5-7-13)2-1-3-14(18)19;13-11-9-7-5-3-1-2-4-6-8-10-12-14;12-10-8-6-4-2-1-3-5-7-9-11-13;1-3-15-9(13)7(11)5-6-8(12)10(14)16-4-2;9-5-7-1-2-8(6-10)4-3-7;7-5-3-1-2-4-6(5)8;6-1-5(2-7,3-8)4-9;1-8(4-2-6)5-3-7;4-1-2(5)3(6,7)8;4-2-1-3-5;/h1-8,13-14H;1-10,13-14H;4-7H,1-3,8-11H2,(H,18,19);1-12H2;1-11H2;7-8H,3-6H2,1-2H3;1-4H,5-6H2;5-6H,1-4H2;8-9H,1-4H2;2-5H2,1H3;2H,1H2;1-3H2;1H/t;13-,14+;;;;7-,8+;;5-,6-;;;;;/m.......0...../s1. The van der Waals surface area contributed by atoms with E-state index in [4.69, 9.17) is 71.2 Å². The first-order valence-electron chi connectivity index (χ1n) is 48.6. The minimum absolute atomic E-state index is 0. The molecule has 1 saturated carbocycles. The lowest BCUT2D eigenvalue weighted by Crippen LogP contribution is -2.33. The van der Waals surface area contributed by atoms with E-state index in [0.717, 1.165) is 86.4 Å². The minimum atomic E-state index is -4.12. The molecule has 3 N–H and O–H groups in total. The number of nitrogens with zero attached hydrogens (tertiary/aromatic N) is 2. The number of halogens is 28. The molecule has 6 aromatic carbocycles. The fourth-order valence-corrected chi connectivity index (χ4v) is 24.5. The molecule has 9 atom stereocenters. The number of aryl methyl sites for hydroxylation is 1. The number of hydrogen-bond acceptors (Lipinski definition) is 10. The van der Waals surface area contributed by atoms with E-state index in [1.807, 2.05) is 92.0 Å². The number of ether oxygens (including phenoxy) is 2. The number of benzene rings is 6. The monoisotopic (exact) mass is 3500 g/mol. The van der Waals surface area contributed by atoms with Crippen LogP contribution in [0.5, 0.6) is 0 Å². The zero-order chi connectivity index (χ0) is 109. The van der Waals surface area contributed by atoms with Crippen molar-refractivity contribution in [1.29, 1.82) is 0 Å². The molecule has 6 aromatic rings. The average molecular weight is 3520 g/mol. The van der Waals surface area contributed by atoms with Crippen molar-refractivity contribution in [3.05, 3.63) is 208 Å². The van der Waals surface area contributed by atoms with Crippen LogP contribution in [0.2, 0.25) is 0 Å². The van der Waals surface area contributed by atoms with Gasteiger partial charge in [0.15, 0.2) is 5.78 Å². The smallest absolute Gasteiger partial charge is 0.402 e. The molecule has 39 heteroatoms. The number of carboxylic acid groups (broad SMARTS) is 1. The molecule has 0 saturated heterocycles. The zero-order valence-corrected chi connectivity index (χ0v) is 120. The van der Waals surface area contributed by atoms with E-state index in [9.17, 15) is 32.3 Å². The Morgan fingerprint density at radius 2 is 0.759 bits per heavy atom. The van der Waals surface area contributed by atoms with Gasteiger partial charge in [-0.15, -0.1) is 58.8 Å². The maximum atomic E-state index is 12.6. The molecule has 8 rings (SSSR count). The highest BCUT2D eigenvalue weighted by molar-refractivity contribution is 14.1. The second kappa shape index (κ2) is 110. The highest BCUT2D eigenvalue weighted by atomic mass is 127. The number of rotatable bonds is 53. The van der Waals surface area contributed by atoms with Crippen LogP contribution in [-0.2, 0) is 40.9 Å². The van der Waals surface area contributed by atoms with Gasteiger partial charge < -0.3 is 34.6 Å². The van der Waals surface area contributed by atoms with Gasteiger partial charge in [0.05, 0.1) is 45.7 Å². The van der Waals surface area contributed by atoms with E-state index in [1.165, 1.54) is 207 Å². The maximum absolute atomic E-state index is 12.6. The van der Waals surface area contributed by atoms with Crippen LogP contribution in [0.3, 0.4) is 0 Å². The third kappa shape index (κ3) is 85.1. The first-order valence-corrected chi connectivity index (χ1v) is 72.1. The van der Waals surface area contributed by atoms with Crippen molar-refractivity contribution in [2.24, 2.45) is 5.41 Å². The Hall–Kier alpha value is 4.42. The molecule has 0 aliphatic heterocycles. The molecule has 0 spiro atoms. The van der Waals surface area contributed by atoms with Crippen LogP contribution in [0.15, 0.2) is 158 Å². The number of fused-ring (bicyclic) bond motifs is 2. The molecule has 0 heterocycles. The number of carbonyl (C=O) groups excluding carboxylic acids is 3. The second-order valence-electron chi connectivity index (χ2n) is 32.8. The summed E-state index contributed by atoms with van der Waals surface area (Å²) in [7, 11) is 2.00. The second-order valence-corrected chi connectivity index (χ2v) is 52.1. The number of alkyl halides is 27. The van der Waals surface area contributed by atoms with E-state index in [0.29, 0.717) is 66.7 Å². The van der Waals surface area contributed by atoms with Crippen molar-refractivity contribution < 1.29 is 57.1 Å². The van der Waals surface area contributed by atoms with Gasteiger partial charge in [-0.05, 0) is 143 Å². The minimum Gasteiger partial charge on any atom is -0.481 e. The maximum Gasteiger partial charge on any atom is 0.402 e. The fraction of sp³-hybridized carbons (Fsp3) is 0.623. The van der Waals surface area contributed by atoms with Gasteiger partial charge in [0, 0.05) is 145 Å². The Balaban J connectivity index is -0.000000499. The lowest BCUT2D eigenvalue weighted by Gasteiger charge is -2.23. The summed E-state index contributed by atoms with van der Waals surface area (Å²) >= 11 is 87.9. The highest BCUT2D eigenvalue weighted by Gasteiger charge is 2.37. The van der Waals surface area contributed by atoms with Gasteiger partial charge in [0.25, 0.3) is 0 Å². The van der Waals surface area contributed by atoms with Crippen LogP contribution in [0.1, 0.15) is 268 Å². The van der Waals surface area contributed by atoms with Gasteiger partial charge in [-0.25, -0.2) is 0 Å². The number of ketones is 1. The van der Waals surface area contributed by atoms with E-state index in [2.05, 4.69) is 415 Å². The number of hydrogen-bond donors (Lipinski definition) is 3. The Morgan fingerprint density at radius 3 is 1.00 bits per heavy atom. The van der Waals surface area contributed by atoms with Gasteiger partial charge in [0.1, 0.15) is 14.5 Å². The van der Waals surface area contributed by atoms with Gasteiger partial charge >= 0.3 is 24.1 Å². The molecule has 0 bridgehead atoms. The Labute approximate surface area is 1070 Å². The lowest BCUT2D eigenvalue weighted by molar-refractivity contribution is -0.144. The quantitative estimate of drug-likeness (QED) is 0.0145. The summed E-state index contributed by atoms with van der Waals surface area (Å²) in [5, 5.41) is 33.8. The van der Waals surface area contributed by atoms with Gasteiger partial charge in [0.2, 0.25) is 0 Å². The highest BCUT2D eigenvalue weighted by Crippen LogP contribution is 2.48. The van der Waals surface area contributed by atoms with Crippen molar-refractivity contribution in [3.63, 3.8) is 0 Å². The van der Waals surface area contributed by atoms with Crippen LogP contribution in [0.4, 0.5) is 18.9 Å². The van der Waals surface area contributed by atoms with Crippen LogP contribution < -0.4 is 4.90 Å². The molecular formula is C106H152Br18Cl5F3I2N2O9. The Bertz CT molecular complexity index is 3740. The molecule has 145 heavy (non-hydrogen) atoms. The molecule has 2 aliphatic carbocycles. The largest absolute Gasteiger partial charge is 0.481 e. The topological polar surface area (TPSA) is 154 Å². The van der Waals surface area contributed by atoms with E-state index in [-0.39, 0.29) is 89.5 Å². The predicted molar refractivity (Wildman–Crippen MR) is 708 cm³/mol. The van der Waals surface area contributed by atoms with Crippen molar-refractivity contribution >= 4 is 420 Å². The normalized spacial score (nSPS) is 14.6. The van der Waals surface area contributed by atoms with Crippen LogP contribution in [0, 0.1) is 5.41 Å². The summed E-state index contributed by atoms with van der Waals surface area (Å²) in [5.74, 6) is 1.27. The summed E-state index contributed by atoms with van der Waals surface area (Å²) in [6.07, 6.45) is 32.4. The van der Waals surface area contributed by atoms with Gasteiger partial charge in [-0.1, -0.05) is 587 Å². The number of aliphatic carboxylic acids is 1. The first kappa shape index (κ1) is 158. The molecule has 0 aromatic heterocycles. The summed E-state index contributed by atoms with van der Waals surface area (Å²) in [4.78, 5) is 49.8. The SMILES string of the molecule is BrCCCCCCCCCCCBr.BrCCCCCCCCCCCCBr.BrCc1ccc(CBr)cc1.Br[C@H](c1ccccc1)[C@@H](Br)c1ccccc1.Br[C@H]1CCCC[C@@H]1Br.CCOC(=O)[C@H](Br)CC[C@H](Br)C(=O)OCC.CN(CCCl)CCCl.Cl.FC(F)(F)C(Br)CBr.ICCCI.O=C(O)CCCc1ccc(N(CCCl)CCCl)cc1.O=C1c2ccccc2C(Br)C(Br)c2ccccc21.OCC(CO)(CBr)CBr. The molecule has 836 valence electrons. The fourth-order valence-electron chi connectivity index (χ4n) is 12.4. The first-order chi connectivity index (χ1) is 69.1. The third-order valence-corrected chi connectivity index (χ3v) is 41.6. The molecular weight excluding hydrogens is 3370 g/mol. The molecule has 0 radical (unpaired) electrons. The summed E-state index contributed by atoms with van der Waals surface area (Å²) in [6, 6.07) is 53.1. The molecule has 0 amide bonds. The van der Waals surface area contributed by atoms with Gasteiger partial charge in [-0.3, -0.25) is 19.2 Å². The van der Waals surface area contributed by atoms with Crippen molar-refractivity contribution in [2.75, 3.05) is 134 Å².